The number of aromatic nitrogens is 3. The first kappa shape index (κ1) is 15.3. The molecule has 0 saturated heterocycles. The van der Waals surface area contributed by atoms with Crippen molar-refractivity contribution in [2.45, 2.75) is 45.4 Å². The number of carbonyl (C=O) groups is 1. The van der Waals surface area contributed by atoms with Crippen molar-refractivity contribution in [3.63, 3.8) is 0 Å². The molecule has 1 amide bonds. The predicted molar refractivity (Wildman–Crippen MR) is 95.9 cm³/mol. The summed E-state index contributed by atoms with van der Waals surface area (Å²) in [5, 5.41) is 3.62. The van der Waals surface area contributed by atoms with Crippen molar-refractivity contribution in [3.05, 3.63) is 46.4 Å². The Labute approximate surface area is 144 Å². The Balaban J connectivity index is 1.57. The van der Waals surface area contributed by atoms with Gasteiger partial charge in [0.05, 0.1) is 5.69 Å². The van der Waals surface area contributed by atoms with Crippen molar-refractivity contribution in [1.29, 1.82) is 0 Å². The van der Waals surface area contributed by atoms with Crippen molar-refractivity contribution in [1.82, 2.24) is 14.4 Å². The Hall–Kier alpha value is -2.21. The van der Waals surface area contributed by atoms with Gasteiger partial charge in [0, 0.05) is 16.8 Å². The van der Waals surface area contributed by atoms with Gasteiger partial charge in [-0.2, -0.15) is 0 Å². The zero-order valence-corrected chi connectivity index (χ0v) is 14.5. The number of anilines is 1. The van der Waals surface area contributed by atoms with E-state index in [0.717, 1.165) is 24.2 Å². The molecule has 0 atom stereocenters. The SMILES string of the molecule is Cc1cccc2nc(C(=O)Nc3nc4c(s3)CCCCCC4)cn12. The fourth-order valence-corrected chi connectivity index (χ4v) is 4.22. The third-order valence-electron chi connectivity index (χ3n) is 4.49. The lowest BCUT2D eigenvalue weighted by Gasteiger charge is -2.06. The summed E-state index contributed by atoms with van der Waals surface area (Å²) < 4.78 is 1.93. The van der Waals surface area contributed by atoms with E-state index in [2.05, 4.69) is 15.3 Å². The first-order valence-electron chi connectivity index (χ1n) is 8.45. The van der Waals surface area contributed by atoms with E-state index in [9.17, 15) is 4.79 Å². The molecule has 0 aromatic carbocycles. The molecule has 1 N–H and O–H groups in total. The van der Waals surface area contributed by atoms with Crippen LogP contribution in [-0.4, -0.2) is 20.3 Å². The molecular formula is C18H20N4OS. The second kappa shape index (κ2) is 6.36. The van der Waals surface area contributed by atoms with Crippen LogP contribution in [0.1, 0.15) is 52.4 Å². The van der Waals surface area contributed by atoms with E-state index >= 15 is 0 Å². The molecule has 0 unspecified atom stereocenters. The third kappa shape index (κ3) is 2.94. The Morgan fingerprint density at radius 3 is 2.83 bits per heavy atom. The van der Waals surface area contributed by atoms with Gasteiger partial charge in [0.2, 0.25) is 0 Å². The van der Waals surface area contributed by atoms with Crippen molar-refractivity contribution < 1.29 is 4.79 Å². The minimum absolute atomic E-state index is 0.195. The average molecular weight is 340 g/mol. The molecule has 0 bridgehead atoms. The fourth-order valence-electron chi connectivity index (χ4n) is 3.18. The van der Waals surface area contributed by atoms with Gasteiger partial charge in [0.15, 0.2) is 5.13 Å². The van der Waals surface area contributed by atoms with Gasteiger partial charge in [-0.25, -0.2) is 9.97 Å². The maximum absolute atomic E-state index is 12.5. The number of hydrogen-bond donors (Lipinski definition) is 1. The maximum atomic E-state index is 12.5. The summed E-state index contributed by atoms with van der Waals surface area (Å²) in [5.41, 5.74) is 3.43. The monoisotopic (exact) mass is 340 g/mol. The second-order valence-electron chi connectivity index (χ2n) is 6.28. The number of rotatable bonds is 2. The Morgan fingerprint density at radius 2 is 2.00 bits per heavy atom. The van der Waals surface area contributed by atoms with Gasteiger partial charge in [-0.3, -0.25) is 10.1 Å². The van der Waals surface area contributed by atoms with E-state index < -0.39 is 0 Å². The summed E-state index contributed by atoms with van der Waals surface area (Å²) in [6, 6.07) is 5.84. The van der Waals surface area contributed by atoms with Crippen LogP contribution in [0.2, 0.25) is 0 Å². The molecule has 24 heavy (non-hydrogen) atoms. The molecular weight excluding hydrogens is 320 g/mol. The lowest BCUT2D eigenvalue weighted by atomic mass is 10.0. The van der Waals surface area contributed by atoms with Gasteiger partial charge >= 0.3 is 0 Å². The molecule has 4 rings (SSSR count). The summed E-state index contributed by atoms with van der Waals surface area (Å²) in [5.74, 6) is -0.195. The highest BCUT2D eigenvalue weighted by molar-refractivity contribution is 7.15. The van der Waals surface area contributed by atoms with Crippen LogP contribution >= 0.6 is 11.3 Å². The summed E-state index contributed by atoms with van der Waals surface area (Å²) >= 11 is 1.61. The van der Waals surface area contributed by atoms with Gasteiger partial charge < -0.3 is 4.40 Å². The summed E-state index contributed by atoms with van der Waals surface area (Å²) in [6.07, 6.45) is 8.86. The summed E-state index contributed by atoms with van der Waals surface area (Å²) in [4.78, 5) is 22.9. The topological polar surface area (TPSA) is 59.3 Å². The number of imidazole rings is 1. The fraction of sp³-hybridized carbons (Fsp3) is 0.389. The second-order valence-corrected chi connectivity index (χ2v) is 7.36. The molecule has 0 fully saturated rings. The minimum atomic E-state index is -0.195. The molecule has 3 heterocycles. The largest absolute Gasteiger partial charge is 0.304 e. The van der Waals surface area contributed by atoms with Crippen LogP contribution < -0.4 is 5.32 Å². The molecule has 0 spiro atoms. The highest BCUT2D eigenvalue weighted by Gasteiger charge is 2.17. The molecule has 1 aliphatic carbocycles. The first-order chi connectivity index (χ1) is 11.7. The highest BCUT2D eigenvalue weighted by atomic mass is 32.1. The van der Waals surface area contributed by atoms with Crippen LogP contribution in [0.25, 0.3) is 5.65 Å². The van der Waals surface area contributed by atoms with E-state index in [4.69, 9.17) is 0 Å². The molecule has 0 aliphatic heterocycles. The van der Waals surface area contributed by atoms with E-state index in [1.807, 2.05) is 29.5 Å². The van der Waals surface area contributed by atoms with Gasteiger partial charge in [-0.05, 0) is 44.7 Å². The lowest BCUT2D eigenvalue weighted by molar-refractivity contribution is 0.102. The number of hydrogen-bond acceptors (Lipinski definition) is 4. The number of amides is 1. The van der Waals surface area contributed by atoms with Crippen LogP contribution in [0, 0.1) is 6.92 Å². The molecule has 0 radical (unpaired) electrons. The van der Waals surface area contributed by atoms with Crippen molar-refractivity contribution >= 4 is 28.0 Å². The van der Waals surface area contributed by atoms with E-state index in [0.29, 0.717) is 10.8 Å². The van der Waals surface area contributed by atoms with Crippen LogP contribution in [0.15, 0.2) is 24.4 Å². The Morgan fingerprint density at radius 1 is 1.17 bits per heavy atom. The summed E-state index contributed by atoms with van der Waals surface area (Å²) in [7, 11) is 0. The zero-order chi connectivity index (χ0) is 16.5. The number of aryl methyl sites for hydroxylation is 3. The number of carbonyl (C=O) groups excluding carboxylic acids is 1. The standard InChI is InChI=1S/C18H20N4OS/c1-12-7-6-10-16-19-14(11-22(12)16)17(23)21-18-20-13-8-4-2-3-5-9-15(13)24-18/h6-7,10-11H,2-5,8-9H2,1H3,(H,20,21,23). The molecule has 124 valence electrons. The lowest BCUT2D eigenvalue weighted by Crippen LogP contribution is -2.12. The van der Waals surface area contributed by atoms with Gasteiger partial charge in [0.1, 0.15) is 11.3 Å². The van der Waals surface area contributed by atoms with Gasteiger partial charge in [-0.1, -0.05) is 18.9 Å². The number of fused-ring (bicyclic) bond motifs is 2. The van der Waals surface area contributed by atoms with Crippen LogP contribution in [0.3, 0.4) is 0 Å². The molecule has 3 aromatic rings. The van der Waals surface area contributed by atoms with Crippen molar-refractivity contribution in [2.75, 3.05) is 5.32 Å². The predicted octanol–water partition coefficient (Wildman–Crippen LogP) is 4.01. The van der Waals surface area contributed by atoms with Crippen molar-refractivity contribution in [2.24, 2.45) is 0 Å². The molecule has 5 nitrogen and oxygen atoms in total. The molecule has 3 aromatic heterocycles. The van der Waals surface area contributed by atoms with E-state index in [1.54, 1.807) is 17.5 Å². The number of nitrogens with one attached hydrogen (secondary N) is 1. The van der Waals surface area contributed by atoms with E-state index in [1.165, 1.54) is 36.3 Å². The molecule has 0 saturated carbocycles. The summed E-state index contributed by atoms with van der Waals surface area (Å²) in [6.45, 7) is 2.00. The van der Waals surface area contributed by atoms with Crippen LogP contribution in [-0.2, 0) is 12.8 Å². The van der Waals surface area contributed by atoms with Crippen molar-refractivity contribution in [3.8, 4) is 0 Å². The van der Waals surface area contributed by atoms with Gasteiger partial charge in [0.25, 0.3) is 5.91 Å². The number of thiazole rings is 1. The zero-order valence-electron chi connectivity index (χ0n) is 13.7. The number of nitrogens with zero attached hydrogens (tertiary/aromatic N) is 3. The maximum Gasteiger partial charge on any atom is 0.277 e. The highest BCUT2D eigenvalue weighted by Crippen LogP contribution is 2.28. The van der Waals surface area contributed by atoms with E-state index in [-0.39, 0.29) is 5.91 Å². The Kier molecular flexibility index (Phi) is 4.06. The third-order valence-corrected chi connectivity index (χ3v) is 5.57. The average Bonchev–Trinajstić information content (AvgIpc) is 3.13. The molecule has 6 heteroatoms. The Bertz CT molecular complexity index is 870. The van der Waals surface area contributed by atoms with Crippen LogP contribution in [0.4, 0.5) is 5.13 Å². The number of pyridine rings is 1. The first-order valence-corrected chi connectivity index (χ1v) is 9.27. The van der Waals surface area contributed by atoms with Crippen LogP contribution in [0.5, 0.6) is 0 Å². The van der Waals surface area contributed by atoms with Gasteiger partial charge in [-0.15, -0.1) is 11.3 Å². The smallest absolute Gasteiger partial charge is 0.277 e. The normalized spacial score (nSPS) is 14.9. The molecule has 1 aliphatic rings. The minimum Gasteiger partial charge on any atom is -0.304 e. The quantitative estimate of drug-likeness (QED) is 0.767.